The fourth-order valence-electron chi connectivity index (χ4n) is 2.89. The number of amides is 1. The molecule has 1 amide bonds. The summed E-state index contributed by atoms with van der Waals surface area (Å²) in [5.41, 5.74) is 1.97. The minimum atomic E-state index is -0.296. The molecule has 0 spiro atoms. The number of ether oxygens (including phenoxy) is 1. The van der Waals surface area contributed by atoms with Crippen molar-refractivity contribution in [2.45, 2.75) is 6.61 Å². The molecule has 0 unspecified atom stereocenters. The van der Waals surface area contributed by atoms with E-state index < -0.39 is 0 Å². The minimum Gasteiger partial charge on any atom is -0.489 e. The highest BCUT2D eigenvalue weighted by atomic mass is 35.5. The van der Waals surface area contributed by atoms with E-state index in [1.807, 2.05) is 12.1 Å². The Bertz CT molecular complexity index is 1150. The van der Waals surface area contributed by atoms with Crippen molar-refractivity contribution in [1.29, 1.82) is 0 Å². The third kappa shape index (κ3) is 4.56. The maximum absolute atomic E-state index is 13.7. The SMILES string of the molecule is O=C1/C(=C\c2ccc(OCc3ccccc3F)cc2)SC(=S)N1c1cccc(Cl)c1. The van der Waals surface area contributed by atoms with E-state index >= 15 is 0 Å². The average molecular weight is 456 g/mol. The predicted octanol–water partition coefficient (Wildman–Crippen LogP) is 6.46. The Morgan fingerprint density at radius 1 is 1.07 bits per heavy atom. The van der Waals surface area contributed by atoms with Gasteiger partial charge in [-0.05, 0) is 48.0 Å². The average Bonchev–Trinajstić information content (AvgIpc) is 3.01. The molecule has 0 atom stereocenters. The molecule has 1 fully saturated rings. The highest BCUT2D eigenvalue weighted by molar-refractivity contribution is 8.27. The molecule has 1 heterocycles. The van der Waals surface area contributed by atoms with Gasteiger partial charge < -0.3 is 4.74 Å². The molecule has 0 saturated carbocycles. The molecule has 3 aromatic carbocycles. The molecule has 1 aliphatic rings. The molecular formula is C23H15ClFNO2S2. The summed E-state index contributed by atoms with van der Waals surface area (Å²) >= 11 is 12.7. The van der Waals surface area contributed by atoms with Crippen LogP contribution < -0.4 is 9.64 Å². The lowest BCUT2D eigenvalue weighted by atomic mass is 10.2. The Hall–Kier alpha value is -2.67. The molecule has 0 aliphatic carbocycles. The van der Waals surface area contributed by atoms with Crippen LogP contribution >= 0.6 is 35.6 Å². The van der Waals surface area contributed by atoms with E-state index in [0.29, 0.717) is 31.2 Å². The number of halogens is 2. The zero-order valence-electron chi connectivity index (χ0n) is 15.5. The van der Waals surface area contributed by atoms with E-state index in [9.17, 15) is 9.18 Å². The van der Waals surface area contributed by atoms with Crippen molar-refractivity contribution in [3.63, 3.8) is 0 Å². The molecule has 30 heavy (non-hydrogen) atoms. The van der Waals surface area contributed by atoms with Gasteiger partial charge in [-0.15, -0.1) is 0 Å². The molecule has 3 nitrogen and oxygen atoms in total. The fraction of sp³-hybridized carbons (Fsp3) is 0.0435. The summed E-state index contributed by atoms with van der Waals surface area (Å²) in [7, 11) is 0. The summed E-state index contributed by atoms with van der Waals surface area (Å²) < 4.78 is 19.8. The maximum Gasteiger partial charge on any atom is 0.270 e. The second-order valence-electron chi connectivity index (χ2n) is 6.45. The first-order chi connectivity index (χ1) is 14.5. The molecule has 0 N–H and O–H groups in total. The lowest BCUT2D eigenvalue weighted by Crippen LogP contribution is -2.27. The molecular weight excluding hydrogens is 441 g/mol. The molecule has 0 bridgehead atoms. The quantitative estimate of drug-likeness (QED) is 0.326. The summed E-state index contributed by atoms with van der Waals surface area (Å²) in [5, 5.41) is 0.538. The Balaban J connectivity index is 1.46. The van der Waals surface area contributed by atoms with Crippen molar-refractivity contribution in [1.82, 2.24) is 0 Å². The second-order valence-corrected chi connectivity index (χ2v) is 8.56. The summed E-state index contributed by atoms with van der Waals surface area (Å²) in [5.74, 6) is 0.130. The number of hydrogen-bond acceptors (Lipinski definition) is 4. The number of benzene rings is 3. The molecule has 3 aromatic rings. The molecule has 0 radical (unpaired) electrons. The van der Waals surface area contributed by atoms with E-state index in [0.717, 1.165) is 5.56 Å². The van der Waals surface area contributed by atoms with Gasteiger partial charge in [0.1, 0.15) is 18.2 Å². The smallest absolute Gasteiger partial charge is 0.270 e. The van der Waals surface area contributed by atoms with Gasteiger partial charge in [-0.2, -0.15) is 0 Å². The Morgan fingerprint density at radius 3 is 2.57 bits per heavy atom. The number of carbonyl (C=O) groups is 1. The molecule has 7 heteroatoms. The topological polar surface area (TPSA) is 29.5 Å². The number of hydrogen-bond donors (Lipinski definition) is 0. The summed E-state index contributed by atoms with van der Waals surface area (Å²) in [4.78, 5) is 14.8. The van der Waals surface area contributed by atoms with Crippen LogP contribution in [0.15, 0.2) is 77.7 Å². The van der Waals surface area contributed by atoms with Gasteiger partial charge in [0.15, 0.2) is 4.32 Å². The Labute approximate surface area is 188 Å². The van der Waals surface area contributed by atoms with Crippen molar-refractivity contribution in [2.75, 3.05) is 4.90 Å². The number of rotatable bonds is 5. The van der Waals surface area contributed by atoms with Crippen LogP contribution in [-0.4, -0.2) is 10.2 Å². The highest BCUT2D eigenvalue weighted by Crippen LogP contribution is 2.36. The van der Waals surface area contributed by atoms with Crippen LogP contribution in [0.2, 0.25) is 5.02 Å². The van der Waals surface area contributed by atoms with E-state index in [1.54, 1.807) is 60.7 Å². The maximum atomic E-state index is 13.7. The van der Waals surface area contributed by atoms with Crippen LogP contribution in [0.1, 0.15) is 11.1 Å². The lowest BCUT2D eigenvalue weighted by Gasteiger charge is -2.14. The van der Waals surface area contributed by atoms with Crippen LogP contribution in [0, 0.1) is 5.82 Å². The third-order valence-electron chi connectivity index (χ3n) is 4.39. The van der Waals surface area contributed by atoms with Crippen LogP contribution in [0.5, 0.6) is 5.75 Å². The standard InChI is InChI=1S/C23H15ClFNO2S2/c24-17-5-3-6-18(13-17)26-22(27)21(30-23(26)29)12-15-8-10-19(11-9-15)28-14-16-4-1-2-7-20(16)25/h1-13H,14H2/b21-12+. The summed E-state index contributed by atoms with van der Waals surface area (Å²) in [6.07, 6.45) is 1.78. The Morgan fingerprint density at radius 2 is 1.83 bits per heavy atom. The zero-order chi connectivity index (χ0) is 21.1. The van der Waals surface area contributed by atoms with Crippen molar-refractivity contribution in [3.8, 4) is 5.75 Å². The lowest BCUT2D eigenvalue weighted by molar-refractivity contribution is -0.113. The van der Waals surface area contributed by atoms with Crippen molar-refractivity contribution in [3.05, 3.63) is 99.7 Å². The first-order valence-electron chi connectivity index (χ1n) is 9.01. The summed E-state index contributed by atoms with van der Waals surface area (Å²) in [6.45, 7) is 0.143. The number of thiocarbonyl (C=S) groups is 1. The van der Waals surface area contributed by atoms with Gasteiger partial charge in [-0.1, -0.05) is 72.0 Å². The van der Waals surface area contributed by atoms with Gasteiger partial charge >= 0.3 is 0 Å². The fourth-order valence-corrected chi connectivity index (χ4v) is 4.38. The van der Waals surface area contributed by atoms with Gasteiger partial charge in [-0.3, -0.25) is 9.69 Å². The monoisotopic (exact) mass is 455 g/mol. The zero-order valence-corrected chi connectivity index (χ0v) is 17.9. The minimum absolute atomic E-state index is 0.143. The van der Waals surface area contributed by atoms with Crippen molar-refractivity contribution >= 4 is 57.6 Å². The molecule has 4 rings (SSSR count). The highest BCUT2D eigenvalue weighted by Gasteiger charge is 2.33. The predicted molar refractivity (Wildman–Crippen MR) is 124 cm³/mol. The van der Waals surface area contributed by atoms with Gasteiger partial charge in [-0.25, -0.2) is 4.39 Å². The van der Waals surface area contributed by atoms with Gasteiger partial charge in [0.2, 0.25) is 0 Å². The van der Waals surface area contributed by atoms with Gasteiger partial charge in [0.05, 0.1) is 10.6 Å². The van der Waals surface area contributed by atoms with Crippen LogP contribution in [0.25, 0.3) is 6.08 Å². The first-order valence-corrected chi connectivity index (χ1v) is 10.6. The van der Waals surface area contributed by atoms with Crippen LogP contribution in [0.4, 0.5) is 10.1 Å². The van der Waals surface area contributed by atoms with Gasteiger partial charge in [0.25, 0.3) is 5.91 Å². The molecule has 0 aromatic heterocycles. The first kappa shape index (κ1) is 20.6. The third-order valence-corrected chi connectivity index (χ3v) is 5.93. The van der Waals surface area contributed by atoms with Crippen LogP contribution in [0.3, 0.4) is 0 Å². The molecule has 150 valence electrons. The van der Waals surface area contributed by atoms with Crippen LogP contribution in [-0.2, 0) is 11.4 Å². The van der Waals surface area contributed by atoms with E-state index in [1.165, 1.54) is 22.7 Å². The van der Waals surface area contributed by atoms with Gasteiger partial charge in [0, 0.05) is 10.6 Å². The Kier molecular flexibility index (Phi) is 6.18. The van der Waals surface area contributed by atoms with E-state index in [2.05, 4.69) is 0 Å². The number of thioether (sulfide) groups is 1. The summed E-state index contributed by atoms with van der Waals surface area (Å²) in [6, 6.07) is 20.8. The normalized spacial score (nSPS) is 15.1. The molecule has 1 aliphatic heterocycles. The van der Waals surface area contributed by atoms with E-state index in [4.69, 9.17) is 28.6 Å². The van der Waals surface area contributed by atoms with E-state index in [-0.39, 0.29) is 18.3 Å². The number of carbonyl (C=O) groups excluding carboxylic acids is 1. The number of nitrogens with zero attached hydrogens (tertiary/aromatic N) is 1. The van der Waals surface area contributed by atoms with Crippen molar-refractivity contribution < 1.29 is 13.9 Å². The largest absolute Gasteiger partial charge is 0.489 e. The molecule has 1 saturated heterocycles. The number of anilines is 1. The van der Waals surface area contributed by atoms with Crippen molar-refractivity contribution in [2.24, 2.45) is 0 Å². The second kappa shape index (κ2) is 9.00.